The van der Waals surface area contributed by atoms with Crippen molar-refractivity contribution < 1.29 is 13.9 Å². The van der Waals surface area contributed by atoms with Crippen LogP contribution in [0.15, 0.2) is 34.7 Å². The Bertz CT molecular complexity index is 471. The van der Waals surface area contributed by atoms with E-state index >= 15 is 0 Å². The molecular formula is C13H15NO3. The number of rotatable bonds is 5. The van der Waals surface area contributed by atoms with E-state index in [9.17, 15) is 4.79 Å². The average molecular weight is 233 g/mol. The van der Waals surface area contributed by atoms with Crippen LogP contribution in [0.3, 0.4) is 0 Å². The Hall–Kier alpha value is -1.81. The maximum atomic E-state index is 10.9. The number of carbonyl (C=O) groups excluding carboxylic acids is 1. The number of benzene rings is 1. The fourth-order valence-corrected chi connectivity index (χ4v) is 1.63. The number of fused-ring (bicyclic) bond motifs is 1. The number of furan rings is 1. The van der Waals surface area contributed by atoms with E-state index in [0.717, 1.165) is 16.7 Å². The van der Waals surface area contributed by atoms with Crippen LogP contribution in [-0.4, -0.2) is 19.6 Å². The lowest BCUT2D eigenvalue weighted by Crippen LogP contribution is -2.18. The Morgan fingerprint density at radius 3 is 3.00 bits per heavy atom. The van der Waals surface area contributed by atoms with Gasteiger partial charge in [-0.15, -0.1) is 0 Å². The van der Waals surface area contributed by atoms with Crippen LogP contribution < -0.4 is 5.32 Å². The van der Waals surface area contributed by atoms with Crippen molar-refractivity contribution in [3.63, 3.8) is 0 Å². The van der Waals surface area contributed by atoms with Gasteiger partial charge < -0.3 is 14.5 Å². The van der Waals surface area contributed by atoms with Crippen LogP contribution in [0.4, 0.5) is 0 Å². The summed E-state index contributed by atoms with van der Waals surface area (Å²) < 4.78 is 10.2. The van der Waals surface area contributed by atoms with E-state index in [1.165, 1.54) is 7.11 Å². The second-order valence-electron chi connectivity index (χ2n) is 3.75. The van der Waals surface area contributed by atoms with Crippen LogP contribution in [-0.2, 0) is 16.1 Å². The molecule has 0 aliphatic rings. The van der Waals surface area contributed by atoms with Crippen LogP contribution in [0.2, 0.25) is 0 Å². The Morgan fingerprint density at radius 1 is 1.41 bits per heavy atom. The molecule has 1 aromatic heterocycles. The van der Waals surface area contributed by atoms with Gasteiger partial charge in [-0.05, 0) is 12.1 Å². The maximum absolute atomic E-state index is 10.9. The van der Waals surface area contributed by atoms with Gasteiger partial charge in [0.1, 0.15) is 11.3 Å². The van der Waals surface area contributed by atoms with Gasteiger partial charge in [0.2, 0.25) is 0 Å². The second kappa shape index (κ2) is 5.50. The predicted octanol–water partition coefficient (Wildman–Crippen LogP) is 2.09. The Morgan fingerprint density at radius 2 is 2.24 bits per heavy atom. The molecule has 17 heavy (non-hydrogen) atoms. The van der Waals surface area contributed by atoms with E-state index < -0.39 is 0 Å². The third-order valence-corrected chi connectivity index (χ3v) is 2.51. The van der Waals surface area contributed by atoms with Crippen LogP contribution in [0.25, 0.3) is 11.0 Å². The zero-order chi connectivity index (χ0) is 12.1. The molecule has 0 bridgehead atoms. The number of nitrogens with one attached hydrogen (secondary N) is 1. The standard InChI is InChI=1S/C13H15NO3/c1-16-13(15)6-7-14-9-11-8-10-4-2-3-5-12(10)17-11/h2-5,8,14H,6-7,9H2,1H3. The molecule has 2 aromatic rings. The summed E-state index contributed by atoms with van der Waals surface area (Å²) in [4.78, 5) is 10.9. The van der Waals surface area contributed by atoms with E-state index in [2.05, 4.69) is 10.1 Å². The second-order valence-corrected chi connectivity index (χ2v) is 3.75. The molecule has 0 saturated carbocycles. The number of ether oxygens (including phenoxy) is 1. The highest BCUT2D eigenvalue weighted by Gasteiger charge is 2.03. The van der Waals surface area contributed by atoms with Gasteiger partial charge in [-0.25, -0.2) is 0 Å². The van der Waals surface area contributed by atoms with E-state index in [1.807, 2.05) is 30.3 Å². The predicted molar refractivity (Wildman–Crippen MR) is 64.6 cm³/mol. The summed E-state index contributed by atoms with van der Waals surface area (Å²) in [5.41, 5.74) is 0.886. The zero-order valence-corrected chi connectivity index (χ0v) is 9.73. The van der Waals surface area contributed by atoms with Gasteiger partial charge in [0.15, 0.2) is 0 Å². The monoisotopic (exact) mass is 233 g/mol. The summed E-state index contributed by atoms with van der Waals surface area (Å²) in [6.45, 7) is 1.20. The summed E-state index contributed by atoms with van der Waals surface area (Å²) in [6, 6.07) is 9.87. The van der Waals surface area contributed by atoms with Crippen molar-refractivity contribution in [2.75, 3.05) is 13.7 Å². The van der Waals surface area contributed by atoms with Crippen LogP contribution >= 0.6 is 0 Å². The number of para-hydroxylation sites is 1. The maximum Gasteiger partial charge on any atom is 0.306 e. The van der Waals surface area contributed by atoms with Crippen molar-refractivity contribution in [3.8, 4) is 0 Å². The van der Waals surface area contributed by atoms with Crippen molar-refractivity contribution >= 4 is 16.9 Å². The number of esters is 1. The number of hydrogen-bond donors (Lipinski definition) is 1. The largest absolute Gasteiger partial charge is 0.469 e. The van der Waals surface area contributed by atoms with Crippen LogP contribution in [0.5, 0.6) is 0 Å². The molecule has 0 radical (unpaired) electrons. The quantitative estimate of drug-likeness (QED) is 0.634. The zero-order valence-electron chi connectivity index (χ0n) is 9.73. The molecule has 2 rings (SSSR count). The summed E-state index contributed by atoms with van der Waals surface area (Å²) in [5, 5.41) is 4.23. The smallest absolute Gasteiger partial charge is 0.306 e. The van der Waals surface area contributed by atoms with Crippen molar-refractivity contribution in [2.45, 2.75) is 13.0 Å². The minimum Gasteiger partial charge on any atom is -0.469 e. The van der Waals surface area contributed by atoms with Gasteiger partial charge in [-0.3, -0.25) is 4.79 Å². The third-order valence-electron chi connectivity index (χ3n) is 2.51. The molecule has 1 N–H and O–H groups in total. The van der Waals surface area contributed by atoms with E-state index in [0.29, 0.717) is 19.5 Å². The van der Waals surface area contributed by atoms with Gasteiger partial charge >= 0.3 is 5.97 Å². The fraction of sp³-hybridized carbons (Fsp3) is 0.308. The molecule has 0 atom stereocenters. The summed E-state index contributed by atoms with van der Waals surface area (Å²) in [6.07, 6.45) is 0.372. The molecule has 4 nitrogen and oxygen atoms in total. The molecule has 1 aromatic carbocycles. The topological polar surface area (TPSA) is 51.5 Å². The number of methoxy groups -OCH3 is 1. The first-order valence-corrected chi connectivity index (χ1v) is 5.54. The first-order chi connectivity index (χ1) is 8.29. The summed E-state index contributed by atoms with van der Waals surface area (Å²) >= 11 is 0. The summed E-state index contributed by atoms with van der Waals surface area (Å²) in [7, 11) is 1.39. The molecule has 90 valence electrons. The highest BCUT2D eigenvalue weighted by atomic mass is 16.5. The lowest BCUT2D eigenvalue weighted by Gasteiger charge is -2.00. The number of hydrogen-bond acceptors (Lipinski definition) is 4. The highest BCUT2D eigenvalue weighted by molar-refractivity contribution is 5.77. The minimum atomic E-state index is -0.206. The number of carbonyl (C=O) groups is 1. The van der Waals surface area contributed by atoms with Gasteiger partial charge in [0.05, 0.1) is 20.1 Å². The average Bonchev–Trinajstić information content (AvgIpc) is 2.76. The first kappa shape index (κ1) is 11.7. The molecule has 0 unspecified atom stereocenters. The third kappa shape index (κ3) is 3.07. The van der Waals surface area contributed by atoms with Gasteiger partial charge in [0, 0.05) is 11.9 Å². The molecule has 4 heteroatoms. The molecule has 1 heterocycles. The fourth-order valence-electron chi connectivity index (χ4n) is 1.63. The van der Waals surface area contributed by atoms with Gasteiger partial charge in [0.25, 0.3) is 0 Å². The van der Waals surface area contributed by atoms with Gasteiger partial charge in [-0.1, -0.05) is 18.2 Å². The van der Waals surface area contributed by atoms with E-state index in [1.54, 1.807) is 0 Å². The Kier molecular flexibility index (Phi) is 3.77. The Balaban J connectivity index is 1.85. The molecule has 0 saturated heterocycles. The highest BCUT2D eigenvalue weighted by Crippen LogP contribution is 2.18. The van der Waals surface area contributed by atoms with Gasteiger partial charge in [-0.2, -0.15) is 0 Å². The molecule has 0 amide bonds. The molecule has 0 aliphatic carbocycles. The van der Waals surface area contributed by atoms with Crippen LogP contribution in [0, 0.1) is 0 Å². The normalized spacial score (nSPS) is 10.6. The minimum absolute atomic E-state index is 0.206. The lowest BCUT2D eigenvalue weighted by atomic mass is 10.2. The van der Waals surface area contributed by atoms with Crippen molar-refractivity contribution in [3.05, 3.63) is 36.1 Å². The molecule has 0 aliphatic heterocycles. The van der Waals surface area contributed by atoms with Crippen molar-refractivity contribution in [1.82, 2.24) is 5.32 Å². The van der Waals surface area contributed by atoms with Crippen molar-refractivity contribution in [1.29, 1.82) is 0 Å². The summed E-state index contributed by atoms with van der Waals surface area (Å²) in [5.74, 6) is 0.665. The Labute approximate surface area is 99.6 Å². The molecule has 0 fully saturated rings. The van der Waals surface area contributed by atoms with E-state index in [4.69, 9.17) is 4.42 Å². The van der Waals surface area contributed by atoms with E-state index in [-0.39, 0.29) is 5.97 Å². The van der Waals surface area contributed by atoms with Crippen LogP contribution in [0.1, 0.15) is 12.2 Å². The SMILES string of the molecule is COC(=O)CCNCc1cc2ccccc2o1. The van der Waals surface area contributed by atoms with Crippen molar-refractivity contribution in [2.24, 2.45) is 0 Å². The molecule has 0 spiro atoms. The molecular weight excluding hydrogens is 218 g/mol. The lowest BCUT2D eigenvalue weighted by molar-refractivity contribution is -0.140. The first-order valence-electron chi connectivity index (χ1n) is 5.54.